The van der Waals surface area contributed by atoms with Gasteiger partial charge in [0, 0.05) is 23.7 Å². The number of fused-ring (bicyclic) bond motifs is 1. The van der Waals surface area contributed by atoms with E-state index < -0.39 is 0 Å². The average molecular weight is 375 g/mol. The summed E-state index contributed by atoms with van der Waals surface area (Å²) in [5.74, 6) is -0.760. The molecule has 26 heavy (non-hydrogen) atoms. The topological polar surface area (TPSA) is 40.6 Å². The van der Waals surface area contributed by atoms with Gasteiger partial charge in [-0.2, -0.15) is 0 Å². The zero-order valence-electron chi connectivity index (χ0n) is 14.5. The summed E-state index contributed by atoms with van der Waals surface area (Å²) in [6, 6.07) is 11.5. The van der Waals surface area contributed by atoms with E-state index in [1.807, 2.05) is 11.9 Å². The Morgan fingerprint density at radius 3 is 2.27 bits per heavy atom. The smallest absolute Gasteiger partial charge is 0.261 e. The first-order chi connectivity index (χ1) is 12.5. The molecule has 2 amide bonds. The minimum absolute atomic E-state index is 0.225. The molecule has 0 aliphatic carbocycles. The molecule has 0 saturated carbocycles. The van der Waals surface area contributed by atoms with Crippen LogP contribution < -0.4 is 0 Å². The zero-order chi connectivity index (χ0) is 18.7. The van der Waals surface area contributed by atoms with E-state index in [-0.39, 0.29) is 17.6 Å². The van der Waals surface area contributed by atoms with Gasteiger partial charge in [0.1, 0.15) is 5.82 Å². The van der Waals surface area contributed by atoms with E-state index in [4.69, 9.17) is 11.6 Å². The maximum Gasteiger partial charge on any atom is 0.261 e. The number of rotatable bonds is 7. The third-order valence-electron chi connectivity index (χ3n) is 4.54. The number of hydrogen-bond acceptors (Lipinski definition) is 3. The second-order valence-corrected chi connectivity index (χ2v) is 6.86. The molecule has 0 radical (unpaired) electrons. The van der Waals surface area contributed by atoms with Crippen molar-refractivity contribution in [2.45, 2.75) is 19.4 Å². The van der Waals surface area contributed by atoms with Crippen LogP contribution >= 0.6 is 11.6 Å². The molecule has 1 heterocycles. The fourth-order valence-electron chi connectivity index (χ4n) is 3.13. The Kier molecular flexibility index (Phi) is 5.69. The van der Waals surface area contributed by atoms with E-state index in [0.29, 0.717) is 47.8 Å². The van der Waals surface area contributed by atoms with Gasteiger partial charge in [-0.15, -0.1) is 0 Å². The fourth-order valence-corrected chi connectivity index (χ4v) is 3.35. The molecule has 136 valence electrons. The minimum Gasteiger partial charge on any atom is -0.302 e. The Hall–Kier alpha value is -2.24. The third kappa shape index (κ3) is 3.79. The highest BCUT2D eigenvalue weighted by Gasteiger charge is 2.34. The lowest BCUT2D eigenvalue weighted by molar-refractivity contribution is 0.0650. The lowest BCUT2D eigenvalue weighted by Crippen LogP contribution is -2.31. The van der Waals surface area contributed by atoms with Crippen LogP contribution in [0.1, 0.15) is 39.1 Å². The first-order valence-corrected chi connectivity index (χ1v) is 8.93. The number of halogens is 2. The van der Waals surface area contributed by atoms with Crippen LogP contribution in [-0.2, 0) is 6.54 Å². The summed E-state index contributed by atoms with van der Waals surface area (Å²) in [7, 11) is 1.89. The molecular weight excluding hydrogens is 355 g/mol. The molecule has 0 atom stereocenters. The number of carbonyl (C=O) groups excluding carboxylic acids is 2. The Morgan fingerprint density at radius 2 is 1.65 bits per heavy atom. The Balaban J connectivity index is 1.48. The largest absolute Gasteiger partial charge is 0.302 e. The maximum absolute atomic E-state index is 13.8. The van der Waals surface area contributed by atoms with Gasteiger partial charge in [0.05, 0.1) is 11.1 Å². The second kappa shape index (κ2) is 7.98. The van der Waals surface area contributed by atoms with Gasteiger partial charge in [-0.1, -0.05) is 29.8 Å². The van der Waals surface area contributed by atoms with Crippen molar-refractivity contribution in [2.24, 2.45) is 0 Å². The maximum atomic E-state index is 13.8. The van der Waals surface area contributed by atoms with Gasteiger partial charge in [0.25, 0.3) is 11.8 Å². The van der Waals surface area contributed by atoms with E-state index >= 15 is 0 Å². The van der Waals surface area contributed by atoms with Crippen molar-refractivity contribution in [3.63, 3.8) is 0 Å². The summed E-state index contributed by atoms with van der Waals surface area (Å²) in [4.78, 5) is 27.9. The SMILES string of the molecule is CN(CCCCN1C(=O)c2ccccc2C1=O)Cc1c(F)cccc1Cl. The molecule has 2 aromatic rings. The summed E-state index contributed by atoms with van der Waals surface area (Å²) in [6.45, 7) is 1.52. The van der Waals surface area contributed by atoms with E-state index in [1.165, 1.54) is 11.0 Å². The van der Waals surface area contributed by atoms with Gasteiger partial charge < -0.3 is 4.90 Å². The first kappa shape index (κ1) is 18.5. The molecule has 4 nitrogen and oxygen atoms in total. The fraction of sp³-hybridized carbons (Fsp3) is 0.300. The van der Waals surface area contributed by atoms with Crippen molar-refractivity contribution in [3.8, 4) is 0 Å². The summed E-state index contributed by atoms with van der Waals surface area (Å²) >= 11 is 6.05. The number of benzene rings is 2. The van der Waals surface area contributed by atoms with Crippen LogP contribution in [-0.4, -0.2) is 41.8 Å². The summed E-state index contributed by atoms with van der Waals surface area (Å²) in [6.07, 6.45) is 1.48. The van der Waals surface area contributed by atoms with Crippen molar-refractivity contribution in [1.82, 2.24) is 9.80 Å². The van der Waals surface area contributed by atoms with Crippen LogP contribution in [0.4, 0.5) is 4.39 Å². The highest BCUT2D eigenvalue weighted by Crippen LogP contribution is 2.23. The number of amides is 2. The number of carbonyl (C=O) groups is 2. The molecule has 1 aliphatic rings. The predicted octanol–water partition coefficient (Wildman–Crippen LogP) is 3.99. The predicted molar refractivity (Wildman–Crippen MR) is 98.8 cm³/mol. The van der Waals surface area contributed by atoms with E-state index in [1.54, 1.807) is 36.4 Å². The van der Waals surface area contributed by atoms with Gasteiger partial charge in [-0.3, -0.25) is 14.5 Å². The molecule has 1 aliphatic heterocycles. The van der Waals surface area contributed by atoms with Gasteiger partial charge in [0.15, 0.2) is 0 Å². The zero-order valence-corrected chi connectivity index (χ0v) is 15.3. The number of unbranched alkanes of at least 4 members (excludes halogenated alkanes) is 1. The molecule has 2 aromatic carbocycles. The average Bonchev–Trinajstić information content (AvgIpc) is 2.87. The van der Waals surface area contributed by atoms with Crippen molar-refractivity contribution in [3.05, 3.63) is 70.0 Å². The van der Waals surface area contributed by atoms with Crippen LogP contribution in [0.15, 0.2) is 42.5 Å². The Labute approximate surface area is 157 Å². The lowest BCUT2D eigenvalue weighted by Gasteiger charge is -2.19. The number of nitrogens with zero attached hydrogens (tertiary/aromatic N) is 2. The van der Waals surface area contributed by atoms with Gasteiger partial charge in [-0.25, -0.2) is 4.39 Å². The quantitative estimate of drug-likeness (QED) is 0.543. The van der Waals surface area contributed by atoms with Crippen molar-refractivity contribution in [1.29, 1.82) is 0 Å². The molecule has 3 rings (SSSR count). The minimum atomic E-state index is -0.310. The van der Waals surface area contributed by atoms with E-state index in [0.717, 1.165) is 6.42 Å². The lowest BCUT2D eigenvalue weighted by atomic mass is 10.1. The highest BCUT2D eigenvalue weighted by atomic mass is 35.5. The molecule has 0 unspecified atom stereocenters. The van der Waals surface area contributed by atoms with Crippen molar-refractivity contribution >= 4 is 23.4 Å². The molecule has 0 bridgehead atoms. The molecule has 0 fully saturated rings. The summed E-state index contributed by atoms with van der Waals surface area (Å²) in [5, 5.41) is 0.419. The van der Waals surface area contributed by atoms with Crippen LogP contribution in [0.3, 0.4) is 0 Å². The van der Waals surface area contributed by atoms with E-state index in [9.17, 15) is 14.0 Å². The normalized spacial score (nSPS) is 13.6. The van der Waals surface area contributed by atoms with Crippen LogP contribution in [0.2, 0.25) is 5.02 Å². The first-order valence-electron chi connectivity index (χ1n) is 8.55. The van der Waals surface area contributed by atoms with Crippen LogP contribution in [0.25, 0.3) is 0 Å². The summed E-state index contributed by atoms with van der Waals surface area (Å²) < 4.78 is 13.8. The van der Waals surface area contributed by atoms with E-state index in [2.05, 4.69) is 0 Å². The molecule has 0 N–H and O–H groups in total. The number of imide groups is 1. The molecule has 0 aromatic heterocycles. The Morgan fingerprint density at radius 1 is 1.00 bits per heavy atom. The van der Waals surface area contributed by atoms with Crippen LogP contribution in [0, 0.1) is 5.82 Å². The second-order valence-electron chi connectivity index (χ2n) is 6.45. The molecule has 6 heteroatoms. The summed E-state index contributed by atoms with van der Waals surface area (Å²) in [5.41, 5.74) is 1.43. The van der Waals surface area contributed by atoms with Gasteiger partial charge in [0.2, 0.25) is 0 Å². The monoisotopic (exact) mass is 374 g/mol. The standard InChI is InChI=1S/C20H20ClFN2O2/c1-23(13-16-17(21)9-6-10-18(16)22)11-4-5-12-24-19(25)14-7-2-3-8-15(14)20(24)26/h2-3,6-10H,4-5,11-13H2,1H3. The van der Waals surface area contributed by atoms with Gasteiger partial charge in [-0.05, 0) is 50.7 Å². The number of hydrogen-bond donors (Lipinski definition) is 0. The molecule has 0 spiro atoms. The van der Waals surface area contributed by atoms with Crippen LogP contribution in [0.5, 0.6) is 0 Å². The van der Waals surface area contributed by atoms with Crippen molar-refractivity contribution in [2.75, 3.05) is 20.1 Å². The Bertz CT molecular complexity index is 785. The third-order valence-corrected chi connectivity index (χ3v) is 4.89. The van der Waals surface area contributed by atoms with Gasteiger partial charge >= 0.3 is 0 Å². The molecular formula is C20H20ClFN2O2. The molecule has 0 saturated heterocycles. The highest BCUT2D eigenvalue weighted by molar-refractivity contribution is 6.31. The van der Waals surface area contributed by atoms with Crippen molar-refractivity contribution < 1.29 is 14.0 Å².